The first-order valence-electron chi connectivity index (χ1n) is 13.2. The van der Waals surface area contributed by atoms with Crippen LogP contribution < -0.4 is 0 Å². The second kappa shape index (κ2) is 9.30. The van der Waals surface area contributed by atoms with E-state index in [1.807, 2.05) is 0 Å². The van der Waals surface area contributed by atoms with Crippen molar-refractivity contribution in [2.24, 2.45) is 0 Å². The lowest BCUT2D eigenvalue weighted by atomic mass is 9.89. The van der Waals surface area contributed by atoms with Crippen LogP contribution in [0, 0.1) is 0 Å². The molecule has 2 fully saturated rings. The van der Waals surface area contributed by atoms with Gasteiger partial charge in [-0.3, -0.25) is 0 Å². The minimum Gasteiger partial charge on any atom is -0.213 e. The SMILES string of the molecule is CC(C)[P+]1(O)N(Cc2cccc3ccccc23)[C@@H]2CCCC[C@H]2N1Cc1cccc2ccccc12. The molecule has 1 aliphatic heterocycles. The van der Waals surface area contributed by atoms with E-state index in [1.165, 1.54) is 58.4 Å². The van der Waals surface area contributed by atoms with Gasteiger partial charge in [-0.05, 0) is 59.4 Å². The van der Waals surface area contributed by atoms with Crippen LogP contribution in [0.1, 0.15) is 50.7 Å². The molecular weight excluding hydrogens is 447 g/mol. The summed E-state index contributed by atoms with van der Waals surface area (Å²) in [6, 6.07) is 31.5. The van der Waals surface area contributed by atoms with Crippen LogP contribution in [0.2, 0.25) is 0 Å². The number of benzene rings is 4. The average molecular weight is 484 g/mol. The quantitative estimate of drug-likeness (QED) is 0.294. The predicted molar refractivity (Wildman–Crippen MR) is 149 cm³/mol. The predicted octanol–water partition coefficient (Wildman–Crippen LogP) is 7.79. The van der Waals surface area contributed by atoms with Crippen molar-refractivity contribution in [1.82, 2.24) is 9.34 Å². The standard InChI is InChI=1S/C31H36N2OP/c1-23(2)35(34)32(21-26-15-9-13-24-11-3-5-17-28(24)26)30-19-7-8-20-31(30)33(35)22-27-16-10-14-25-12-4-6-18-29(25)27/h3-6,9-18,23,30-31,34H,7-8,19-22H2,1-2H3/q+1/t30-,31-/m1/s1. The van der Waals surface area contributed by atoms with Crippen LogP contribution in [0.25, 0.3) is 21.5 Å². The molecule has 0 radical (unpaired) electrons. The van der Waals surface area contributed by atoms with Gasteiger partial charge in [-0.1, -0.05) is 97.8 Å². The van der Waals surface area contributed by atoms with Crippen LogP contribution in [0.5, 0.6) is 0 Å². The summed E-state index contributed by atoms with van der Waals surface area (Å²) in [5, 5.41) is 5.18. The Labute approximate surface area is 209 Å². The van der Waals surface area contributed by atoms with E-state index in [1.54, 1.807) is 0 Å². The van der Waals surface area contributed by atoms with Gasteiger partial charge in [-0.2, -0.15) is 0 Å². The third-order valence-corrected chi connectivity index (χ3v) is 12.1. The summed E-state index contributed by atoms with van der Waals surface area (Å²) in [5.41, 5.74) is 2.86. The van der Waals surface area contributed by atoms with Crippen LogP contribution in [-0.4, -0.2) is 32.0 Å². The first-order valence-corrected chi connectivity index (χ1v) is 14.9. The maximum absolute atomic E-state index is 12.7. The van der Waals surface area contributed by atoms with Crippen molar-refractivity contribution in [3.05, 3.63) is 96.1 Å². The lowest BCUT2D eigenvalue weighted by Crippen LogP contribution is -2.39. The molecule has 1 saturated carbocycles. The fourth-order valence-corrected chi connectivity index (χ4v) is 10.2. The van der Waals surface area contributed by atoms with Crippen molar-refractivity contribution in [3.8, 4) is 0 Å². The molecule has 4 aromatic carbocycles. The zero-order valence-electron chi connectivity index (χ0n) is 20.8. The highest BCUT2D eigenvalue weighted by atomic mass is 31.2. The van der Waals surface area contributed by atoms with E-state index >= 15 is 0 Å². The highest BCUT2D eigenvalue weighted by Crippen LogP contribution is 2.73. The number of rotatable bonds is 5. The molecule has 1 N–H and O–H groups in total. The number of fused-ring (bicyclic) bond motifs is 3. The summed E-state index contributed by atoms with van der Waals surface area (Å²) in [5.74, 6) is 0. The van der Waals surface area contributed by atoms with Gasteiger partial charge in [-0.25, -0.2) is 4.89 Å². The van der Waals surface area contributed by atoms with Crippen LogP contribution in [-0.2, 0) is 13.1 Å². The smallest absolute Gasteiger partial charge is 0.213 e. The summed E-state index contributed by atoms with van der Waals surface area (Å²) in [4.78, 5) is 12.7. The summed E-state index contributed by atoms with van der Waals surface area (Å²) >= 11 is 0. The van der Waals surface area contributed by atoms with Gasteiger partial charge in [-0.15, -0.1) is 9.34 Å². The fourth-order valence-electron chi connectivity index (χ4n) is 6.62. The van der Waals surface area contributed by atoms with Gasteiger partial charge in [0.05, 0.1) is 25.2 Å². The molecule has 0 unspecified atom stereocenters. The third kappa shape index (κ3) is 3.90. The van der Waals surface area contributed by atoms with Gasteiger partial charge in [0.1, 0.15) is 5.66 Å². The van der Waals surface area contributed by atoms with E-state index < -0.39 is 7.79 Å². The van der Waals surface area contributed by atoms with Crippen molar-refractivity contribution in [2.45, 2.75) is 70.4 Å². The molecule has 0 bridgehead atoms. The first kappa shape index (κ1) is 23.1. The second-order valence-electron chi connectivity index (χ2n) is 10.6. The van der Waals surface area contributed by atoms with Crippen LogP contribution >= 0.6 is 7.79 Å². The van der Waals surface area contributed by atoms with Gasteiger partial charge in [0.15, 0.2) is 0 Å². The highest BCUT2D eigenvalue weighted by molar-refractivity contribution is 7.66. The number of hydrogen-bond donors (Lipinski definition) is 1. The molecular formula is C31H36N2OP+. The maximum atomic E-state index is 12.7. The third-order valence-electron chi connectivity index (χ3n) is 8.33. The normalized spacial score (nSPS) is 22.7. The fraction of sp³-hybridized carbons (Fsp3) is 0.355. The molecule has 1 aliphatic carbocycles. The van der Waals surface area contributed by atoms with E-state index in [2.05, 4.69) is 108 Å². The Hall–Kier alpha value is -2.29. The van der Waals surface area contributed by atoms with E-state index in [4.69, 9.17) is 0 Å². The Morgan fingerprint density at radius 1 is 0.686 bits per heavy atom. The Morgan fingerprint density at radius 3 is 1.57 bits per heavy atom. The number of hydrogen-bond acceptors (Lipinski definition) is 3. The van der Waals surface area contributed by atoms with E-state index in [0.29, 0.717) is 12.1 Å². The molecule has 2 aliphatic rings. The summed E-state index contributed by atoms with van der Waals surface area (Å²) in [7, 11) is -2.54. The molecule has 4 heteroatoms. The molecule has 6 rings (SSSR count). The second-order valence-corrected chi connectivity index (χ2v) is 13.9. The van der Waals surface area contributed by atoms with Gasteiger partial charge in [0, 0.05) is 0 Å². The zero-order valence-corrected chi connectivity index (χ0v) is 21.7. The zero-order chi connectivity index (χ0) is 24.0. The van der Waals surface area contributed by atoms with E-state index in [0.717, 1.165) is 13.1 Å². The van der Waals surface area contributed by atoms with Crippen molar-refractivity contribution in [1.29, 1.82) is 0 Å². The molecule has 2 atom stereocenters. The van der Waals surface area contributed by atoms with Crippen LogP contribution in [0.4, 0.5) is 0 Å². The monoisotopic (exact) mass is 483 g/mol. The van der Waals surface area contributed by atoms with Crippen molar-refractivity contribution in [3.63, 3.8) is 0 Å². The molecule has 1 saturated heterocycles. The van der Waals surface area contributed by atoms with E-state index in [9.17, 15) is 4.89 Å². The maximum Gasteiger partial charge on any atom is 0.289 e. The largest absolute Gasteiger partial charge is 0.289 e. The number of nitrogens with zero attached hydrogens (tertiary/aromatic N) is 2. The summed E-state index contributed by atoms with van der Waals surface area (Å²) in [6.45, 7) is 6.10. The van der Waals surface area contributed by atoms with Gasteiger partial charge < -0.3 is 0 Å². The van der Waals surface area contributed by atoms with Crippen LogP contribution in [0.15, 0.2) is 84.9 Å². The minimum atomic E-state index is -2.54. The van der Waals surface area contributed by atoms with Crippen molar-refractivity contribution >= 4 is 29.3 Å². The average Bonchev–Trinajstić information content (AvgIpc) is 3.13. The molecule has 0 aromatic heterocycles. The Bertz CT molecular complexity index is 1240. The van der Waals surface area contributed by atoms with Crippen molar-refractivity contribution < 1.29 is 4.89 Å². The molecule has 0 amide bonds. The molecule has 180 valence electrons. The Kier molecular flexibility index (Phi) is 6.15. The molecule has 1 heterocycles. The molecule has 3 nitrogen and oxygen atoms in total. The molecule has 35 heavy (non-hydrogen) atoms. The lowest BCUT2D eigenvalue weighted by Gasteiger charge is -2.34. The Morgan fingerprint density at radius 2 is 1.11 bits per heavy atom. The summed E-state index contributed by atoms with van der Waals surface area (Å²) < 4.78 is 5.13. The molecule has 4 aromatic rings. The first-order chi connectivity index (χ1) is 17.1. The topological polar surface area (TPSA) is 26.7 Å². The van der Waals surface area contributed by atoms with E-state index in [-0.39, 0.29) is 5.66 Å². The lowest BCUT2D eigenvalue weighted by molar-refractivity contribution is 0.198. The van der Waals surface area contributed by atoms with Gasteiger partial charge >= 0.3 is 0 Å². The van der Waals surface area contributed by atoms with Crippen LogP contribution in [0.3, 0.4) is 0 Å². The van der Waals surface area contributed by atoms with Gasteiger partial charge in [0.2, 0.25) is 0 Å². The molecule has 0 spiro atoms. The summed E-state index contributed by atoms with van der Waals surface area (Å²) in [6.07, 6.45) is 4.87. The van der Waals surface area contributed by atoms with Gasteiger partial charge in [0.25, 0.3) is 7.79 Å². The minimum absolute atomic E-state index is 0.193. The highest BCUT2D eigenvalue weighted by Gasteiger charge is 2.66. The Balaban J connectivity index is 1.43. The van der Waals surface area contributed by atoms with Crippen molar-refractivity contribution in [2.75, 3.05) is 0 Å².